The van der Waals surface area contributed by atoms with Crippen LogP contribution in [0.3, 0.4) is 0 Å². The number of benzene rings is 1. The number of carbonyl (C=O) groups excluding carboxylic acids is 1. The number of methoxy groups -OCH3 is 1. The third-order valence-corrected chi connectivity index (χ3v) is 3.06. The molecule has 0 saturated heterocycles. The summed E-state index contributed by atoms with van der Waals surface area (Å²) in [5, 5.41) is 0. The second-order valence-corrected chi connectivity index (χ2v) is 4.52. The zero-order valence-corrected chi connectivity index (χ0v) is 11.0. The van der Waals surface area contributed by atoms with E-state index in [1.807, 2.05) is 0 Å². The Morgan fingerprint density at radius 1 is 1.37 bits per heavy atom. The Kier molecular flexibility index (Phi) is 4.50. The molecule has 1 aliphatic carbocycles. The molecule has 0 aliphatic heterocycles. The number of ketones is 1. The first-order valence-electron chi connectivity index (χ1n) is 6.18. The van der Waals surface area contributed by atoms with Crippen LogP contribution in [0.15, 0.2) is 18.2 Å². The molecule has 1 saturated carbocycles. The largest absolute Gasteiger partial charge is 0.487 e. The van der Waals surface area contributed by atoms with Gasteiger partial charge in [0.1, 0.15) is 17.7 Å². The van der Waals surface area contributed by atoms with E-state index in [9.17, 15) is 9.18 Å². The molecule has 1 aromatic carbocycles. The third kappa shape index (κ3) is 3.30. The van der Waals surface area contributed by atoms with Crippen molar-refractivity contribution in [1.82, 2.24) is 0 Å². The minimum atomic E-state index is -0.541. The van der Waals surface area contributed by atoms with E-state index >= 15 is 0 Å². The summed E-state index contributed by atoms with van der Waals surface area (Å²) in [6.45, 7) is 2.46. The fourth-order valence-corrected chi connectivity index (χ4v) is 1.90. The number of carbonyl (C=O) groups is 1. The van der Waals surface area contributed by atoms with Crippen LogP contribution in [-0.4, -0.2) is 38.3 Å². The van der Waals surface area contributed by atoms with Gasteiger partial charge in [0.05, 0.1) is 13.2 Å². The highest BCUT2D eigenvalue weighted by atomic mass is 19.1. The van der Waals surface area contributed by atoms with Crippen LogP contribution in [0.1, 0.15) is 12.0 Å². The molecule has 19 heavy (non-hydrogen) atoms. The summed E-state index contributed by atoms with van der Waals surface area (Å²) >= 11 is 0. The first kappa shape index (κ1) is 14.0. The van der Waals surface area contributed by atoms with Crippen molar-refractivity contribution in [3.8, 4) is 5.75 Å². The van der Waals surface area contributed by atoms with Gasteiger partial charge in [0.25, 0.3) is 0 Å². The number of hydrogen-bond donors (Lipinski definition) is 0. The van der Waals surface area contributed by atoms with Gasteiger partial charge in [-0.15, -0.1) is 0 Å². The highest BCUT2D eigenvalue weighted by molar-refractivity contribution is 5.90. The summed E-state index contributed by atoms with van der Waals surface area (Å²) in [4.78, 5) is 11.4. The van der Waals surface area contributed by atoms with Gasteiger partial charge in [-0.3, -0.25) is 4.79 Å². The van der Waals surface area contributed by atoms with Gasteiger partial charge in [-0.2, -0.15) is 0 Å². The normalized spacial score (nSPS) is 22.2. The van der Waals surface area contributed by atoms with E-state index < -0.39 is 6.10 Å². The van der Waals surface area contributed by atoms with E-state index in [1.54, 1.807) is 26.2 Å². The molecule has 1 fully saturated rings. The first-order chi connectivity index (χ1) is 9.11. The van der Waals surface area contributed by atoms with Gasteiger partial charge in [0.15, 0.2) is 11.9 Å². The summed E-state index contributed by atoms with van der Waals surface area (Å²) in [7, 11) is 1.57. The summed E-state index contributed by atoms with van der Waals surface area (Å²) in [5.41, 5.74) is 0.514. The van der Waals surface area contributed by atoms with Crippen LogP contribution in [0.25, 0.3) is 0 Å². The molecule has 0 amide bonds. The molecule has 0 bridgehead atoms. The lowest BCUT2D eigenvalue weighted by Crippen LogP contribution is -2.52. The molecule has 5 heteroatoms. The topological polar surface area (TPSA) is 44.8 Å². The predicted molar refractivity (Wildman–Crippen MR) is 66.8 cm³/mol. The van der Waals surface area contributed by atoms with Crippen LogP contribution in [0.4, 0.5) is 4.39 Å². The second-order valence-electron chi connectivity index (χ2n) is 4.52. The van der Waals surface area contributed by atoms with Crippen LogP contribution in [-0.2, 0) is 14.3 Å². The van der Waals surface area contributed by atoms with Gasteiger partial charge in [-0.25, -0.2) is 4.39 Å². The van der Waals surface area contributed by atoms with Gasteiger partial charge in [0, 0.05) is 13.5 Å². The lowest BCUT2D eigenvalue weighted by atomic mass is 9.90. The molecule has 0 N–H and O–H groups in total. The van der Waals surface area contributed by atoms with Crippen molar-refractivity contribution in [3.63, 3.8) is 0 Å². The standard InChI is InChI=1S/C14H17FO4/c1-9-7-10(3-4-11(9)15)19-13-8-12(16)14(13)18-6-5-17-2/h3-4,7,13-14H,5-6,8H2,1-2H3. The average Bonchev–Trinajstić information content (AvgIpc) is 2.38. The van der Waals surface area contributed by atoms with E-state index in [-0.39, 0.29) is 17.7 Å². The maximum absolute atomic E-state index is 13.1. The van der Waals surface area contributed by atoms with Crippen molar-refractivity contribution < 1.29 is 23.4 Å². The van der Waals surface area contributed by atoms with Gasteiger partial charge < -0.3 is 14.2 Å². The Bertz CT molecular complexity index is 461. The number of rotatable bonds is 6. The van der Waals surface area contributed by atoms with E-state index in [0.717, 1.165) is 0 Å². The third-order valence-electron chi connectivity index (χ3n) is 3.06. The molecule has 0 radical (unpaired) electrons. The number of aryl methyl sites for hydroxylation is 1. The Morgan fingerprint density at radius 3 is 2.79 bits per heavy atom. The summed E-state index contributed by atoms with van der Waals surface area (Å²) in [6.07, 6.45) is -0.511. The van der Waals surface area contributed by atoms with Crippen molar-refractivity contribution >= 4 is 5.78 Å². The molecule has 104 valence electrons. The van der Waals surface area contributed by atoms with Crippen molar-refractivity contribution in [1.29, 1.82) is 0 Å². The fraction of sp³-hybridized carbons (Fsp3) is 0.500. The van der Waals surface area contributed by atoms with E-state index in [1.165, 1.54) is 6.07 Å². The van der Waals surface area contributed by atoms with Crippen molar-refractivity contribution in [3.05, 3.63) is 29.6 Å². The van der Waals surface area contributed by atoms with Crippen LogP contribution in [0.2, 0.25) is 0 Å². The number of halogens is 1. The lowest BCUT2D eigenvalue weighted by Gasteiger charge is -2.34. The molecule has 1 aliphatic rings. The average molecular weight is 268 g/mol. The van der Waals surface area contributed by atoms with Crippen LogP contribution >= 0.6 is 0 Å². The molecule has 2 unspecified atom stereocenters. The minimum Gasteiger partial charge on any atom is -0.487 e. The minimum absolute atomic E-state index is 0.0277. The Hall–Kier alpha value is -1.46. The first-order valence-corrected chi connectivity index (χ1v) is 6.18. The van der Waals surface area contributed by atoms with Crippen LogP contribution < -0.4 is 4.74 Å². The molecule has 1 aromatic rings. The van der Waals surface area contributed by atoms with Crippen molar-refractivity contribution in [2.75, 3.05) is 20.3 Å². The number of ether oxygens (including phenoxy) is 3. The highest BCUT2D eigenvalue weighted by Gasteiger charge is 2.42. The molecule has 2 atom stereocenters. The second kappa shape index (κ2) is 6.12. The lowest BCUT2D eigenvalue weighted by molar-refractivity contribution is -0.156. The Morgan fingerprint density at radius 2 is 2.16 bits per heavy atom. The Balaban J connectivity index is 1.91. The van der Waals surface area contributed by atoms with Gasteiger partial charge in [0.2, 0.25) is 0 Å². The predicted octanol–water partition coefficient (Wildman–Crippen LogP) is 1.89. The zero-order valence-electron chi connectivity index (χ0n) is 11.0. The molecule has 0 aromatic heterocycles. The quantitative estimate of drug-likeness (QED) is 0.739. The van der Waals surface area contributed by atoms with E-state index in [2.05, 4.69) is 0 Å². The molecule has 4 nitrogen and oxygen atoms in total. The van der Waals surface area contributed by atoms with Gasteiger partial charge in [-0.1, -0.05) is 0 Å². The monoisotopic (exact) mass is 268 g/mol. The molecule has 0 spiro atoms. The van der Waals surface area contributed by atoms with E-state index in [0.29, 0.717) is 30.9 Å². The Labute approximate surface area is 111 Å². The summed E-state index contributed by atoms with van der Waals surface area (Å²) < 4.78 is 29.0. The van der Waals surface area contributed by atoms with Crippen LogP contribution in [0.5, 0.6) is 5.75 Å². The van der Waals surface area contributed by atoms with Gasteiger partial charge in [-0.05, 0) is 30.7 Å². The van der Waals surface area contributed by atoms with Gasteiger partial charge >= 0.3 is 0 Å². The van der Waals surface area contributed by atoms with Crippen molar-refractivity contribution in [2.24, 2.45) is 0 Å². The molecular weight excluding hydrogens is 251 g/mol. The van der Waals surface area contributed by atoms with E-state index in [4.69, 9.17) is 14.2 Å². The molecule has 0 heterocycles. The van der Waals surface area contributed by atoms with Crippen molar-refractivity contribution in [2.45, 2.75) is 25.6 Å². The summed E-state index contributed by atoms with van der Waals surface area (Å²) in [5.74, 6) is 0.307. The maximum Gasteiger partial charge on any atom is 0.169 e. The smallest absolute Gasteiger partial charge is 0.169 e. The zero-order chi connectivity index (χ0) is 13.8. The molecular formula is C14H17FO4. The highest BCUT2D eigenvalue weighted by Crippen LogP contribution is 2.26. The number of Topliss-reactive ketones (excluding diaryl/α,β-unsaturated/α-hetero) is 1. The number of hydrogen-bond acceptors (Lipinski definition) is 4. The SMILES string of the molecule is COCCOC1C(=O)CC1Oc1ccc(F)c(C)c1. The summed E-state index contributed by atoms with van der Waals surface area (Å²) in [6, 6.07) is 4.52. The maximum atomic E-state index is 13.1. The molecule has 2 rings (SSSR count). The van der Waals surface area contributed by atoms with Crippen LogP contribution in [0, 0.1) is 12.7 Å². The fourth-order valence-electron chi connectivity index (χ4n) is 1.90.